The number of hydrogen-bond donors (Lipinski definition) is 1. The molecule has 0 radical (unpaired) electrons. The zero-order valence-corrected chi connectivity index (χ0v) is 20.8. The molecule has 0 aliphatic carbocycles. The molecule has 2 aliphatic rings. The Morgan fingerprint density at radius 2 is 1.73 bits per heavy atom. The molecule has 1 N–H and O–H groups in total. The topological polar surface area (TPSA) is 52.7 Å². The number of nitrogens with zero attached hydrogens (tertiary/aromatic N) is 2. The van der Waals surface area contributed by atoms with Crippen LogP contribution in [0.2, 0.25) is 0 Å². The predicted octanol–water partition coefficient (Wildman–Crippen LogP) is 6.06. The molecule has 190 valence electrons. The highest BCUT2D eigenvalue weighted by Gasteiger charge is 2.31. The first-order valence-corrected chi connectivity index (χ1v) is 12.6. The van der Waals surface area contributed by atoms with Gasteiger partial charge in [0.1, 0.15) is 0 Å². The molecule has 0 unspecified atom stereocenters. The average Bonchev–Trinajstić information content (AvgIpc) is 2.88. The molecule has 37 heavy (non-hydrogen) atoms. The van der Waals surface area contributed by atoms with E-state index in [2.05, 4.69) is 5.32 Å². The number of hydrogen-bond acceptors (Lipinski definition) is 4. The molecule has 0 aromatic heterocycles. The Bertz CT molecular complexity index is 1400. The van der Waals surface area contributed by atoms with E-state index in [-0.39, 0.29) is 11.8 Å². The van der Waals surface area contributed by atoms with Crippen molar-refractivity contribution in [2.45, 2.75) is 18.0 Å². The number of nitrogens with one attached hydrogen (secondary N) is 1. The van der Waals surface area contributed by atoms with Gasteiger partial charge in [-0.1, -0.05) is 47.7 Å². The number of aryl methyl sites for hydroxylation is 1. The van der Waals surface area contributed by atoms with Crippen LogP contribution < -0.4 is 10.2 Å². The summed E-state index contributed by atoms with van der Waals surface area (Å²) in [5.74, 6) is -0.398. The van der Waals surface area contributed by atoms with E-state index in [9.17, 15) is 22.8 Å². The van der Waals surface area contributed by atoms with E-state index in [1.807, 2.05) is 48.2 Å². The highest BCUT2D eigenvalue weighted by molar-refractivity contribution is 8.04. The van der Waals surface area contributed by atoms with Gasteiger partial charge in [0.25, 0.3) is 11.8 Å². The number of anilines is 2. The molecule has 3 aromatic carbocycles. The number of carbonyl (C=O) groups is 2. The summed E-state index contributed by atoms with van der Waals surface area (Å²) in [5.41, 5.74) is 2.90. The lowest BCUT2D eigenvalue weighted by atomic mass is 10.1. The van der Waals surface area contributed by atoms with Gasteiger partial charge in [-0.2, -0.15) is 13.2 Å². The molecule has 5 nitrogen and oxygen atoms in total. The van der Waals surface area contributed by atoms with E-state index >= 15 is 0 Å². The van der Waals surface area contributed by atoms with Gasteiger partial charge in [0.2, 0.25) is 0 Å². The fraction of sp³-hybridized carbons (Fsp3) is 0.214. The molecule has 2 amide bonds. The van der Waals surface area contributed by atoms with Crippen molar-refractivity contribution in [3.63, 3.8) is 0 Å². The molecular weight excluding hydrogens is 499 g/mol. The Morgan fingerprint density at radius 3 is 2.46 bits per heavy atom. The van der Waals surface area contributed by atoms with Gasteiger partial charge < -0.3 is 15.1 Å². The van der Waals surface area contributed by atoms with Crippen LogP contribution in [0.4, 0.5) is 24.5 Å². The number of alkyl halides is 3. The van der Waals surface area contributed by atoms with E-state index in [1.54, 1.807) is 23.1 Å². The summed E-state index contributed by atoms with van der Waals surface area (Å²) in [6.07, 6.45) is -2.55. The molecule has 0 spiro atoms. The molecule has 1 saturated heterocycles. The monoisotopic (exact) mass is 523 g/mol. The average molecular weight is 524 g/mol. The van der Waals surface area contributed by atoms with Crippen LogP contribution in [0.1, 0.15) is 27.0 Å². The summed E-state index contributed by atoms with van der Waals surface area (Å²) in [7, 11) is 0. The number of thioether (sulfide) groups is 1. The van der Waals surface area contributed by atoms with Crippen molar-refractivity contribution in [1.82, 2.24) is 4.90 Å². The second-order valence-electron chi connectivity index (χ2n) is 9.02. The van der Waals surface area contributed by atoms with Crippen molar-refractivity contribution in [3.8, 4) is 0 Å². The molecule has 0 atom stereocenters. The van der Waals surface area contributed by atoms with Gasteiger partial charge in [-0.3, -0.25) is 9.59 Å². The minimum Gasteiger partial charge on any atom is -0.368 e. The number of rotatable bonds is 3. The van der Waals surface area contributed by atoms with Gasteiger partial charge >= 0.3 is 6.18 Å². The predicted molar refractivity (Wildman–Crippen MR) is 140 cm³/mol. The molecule has 1 fully saturated rings. The van der Waals surface area contributed by atoms with Crippen molar-refractivity contribution in [1.29, 1.82) is 0 Å². The first kappa shape index (κ1) is 25.0. The number of halogens is 3. The second-order valence-corrected chi connectivity index (χ2v) is 10.1. The maximum absolute atomic E-state index is 13.2. The number of amides is 2. The smallest absolute Gasteiger partial charge is 0.368 e. The lowest BCUT2D eigenvalue weighted by Crippen LogP contribution is -2.48. The number of carbonyl (C=O) groups excluding carboxylic acids is 2. The van der Waals surface area contributed by atoms with Gasteiger partial charge in [-0.15, -0.1) is 0 Å². The largest absolute Gasteiger partial charge is 0.416 e. The molecule has 0 saturated carbocycles. The molecule has 2 heterocycles. The van der Waals surface area contributed by atoms with Crippen LogP contribution in [0.25, 0.3) is 6.08 Å². The Kier molecular flexibility index (Phi) is 6.72. The third-order valence-electron chi connectivity index (χ3n) is 6.36. The maximum Gasteiger partial charge on any atom is 0.416 e. The summed E-state index contributed by atoms with van der Waals surface area (Å²) in [4.78, 5) is 30.8. The van der Waals surface area contributed by atoms with Gasteiger partial charge in [0.05, 0.1) is 16.2 Å². The normalized spacial score (nSPS) is 17.0. The molecule has 3 aromatic rings. The zero-order chi connectivity index (χ0) is 26.2. The van der Waals surface area contributed by atoms with Gasteiger partial charge in [-0.05, 0) is 55.0 Å². The Hall–Kier alpha value is -3.72. The SMILES string of the molecule is Cc1cccc(C=C2Sc3ccc(C(=O)N4CCN(c5cccc(C(F)(F)F)c5)CC4)cc3NC2=O)c1. The standard InChI is InChI=1S/C28H24F3N3O2S/c1-18-4-2-5-19(14-18)15-25-26(35)32-23-16-20(8-9-24(23)37-25)27(36)34-12-10-33(11-13-34)22-7-3-6-21(17-22)28(29,30)31/h2-9,14-17H,10-13H2,1H3,(H,32,35). The van der Waals surface area contributed by atoms with Gasteiger partial charge in [-0.25, -0.2) is 0 Å². The molecule has 2 aliphatic heterocycles. The zero-order valence-electron chi connectivity index (χ0n) is 20.0. The van der Waals surface area contributed by atoms with E-state index in [4.69, 9.17) is 0 Å². The van der Waals surface area contributed by atoms with E-state index in [1.165, 1.54) is 17.8 Å². The van der Waals surface area contributed by atoms with Crippen LogP contribution in [0.5, 0.6) is 0 Å². The minimum atomic E-state index is -4.40. The first-order valence-electron chi connectivity index (χ1n) is 11.8. The van der Waals surface area contributed by atoms with Crippen LogP contribution in [0, 0.1) is 6.92 Å². The van der Waals surface area contributed by atoms with Crippen molar-refractivity contribution in [3.05, 3.63) is 93.9 Å². The van der Waals surface area contributed by atoms with Crippen molar-refractivity contribution in [2.75, 3.05) is 36.4 Å². The lowest BCUT2D eigenvalue weighted by Gasteiger charge is -2.36. The third-order valence-corrected chi connectivity index (χ3v) is 7.46. The highest BCUT2D eigenvalue weighted by Crippen LogP contribution is 2.39. The van der Waals surface area contributed by atoms with E-state index in [0.717, 1.165) is 28.2 Å². The van der Waals surface area contributed by atoms with Crippen molar-refractivity contribution < 1.29 is 22.8 Å². The molecule has 5 rings (SSSR count). The quantitative estimate of drug-likeness (QED) is 0.424. The van der Waals surface area contributed by atoms with Crippen LogP contribution in [0.15, 0.2) is 76.5 Å². The second kappa shape index (κ2) is 9.97. The van der Waals surface area contributed by atoms with Crippen molar-refractivity contribution in [2.24, 2.45) is 0 Å². The lowest BCUT2D eigenvalue weighted by molar-refractivity contribution is -0.137. The van der Waals surface area contributed by atoms with Gasteiger partial charge in [0, 0.05) is 42.3 Å². The summed E-state index contributed by atoms with van der Waals surface area (Å²) in [6, 6.07) is 18.4. The van der Waals surface area contributed by atoms with Crippen LogP contribution in [-0.2, 0) is 11.0 Å². The minimum absolute atomic E-state index is 0.174. The Balaban J connectivity index is 1.26. The van der Waals surface area contributed by atoms with Crippen LogP contribution >= 0.6 is 11.8 Å². The Labute approximate surface area is 217 Å². The summed E-state index contributed by atoms with van der Waals surface area (Å²) >= 11 is 1.36. The third kappa shape index (κ3) is 5.51. The number of piperazine rings is 1. The molecular formula is C28H24F3N3O2S. The summed E-state index contributed by atoms with van der Waals surface area (Å²) in [5, 5.41) is 2.89. The first-order chi connectivity index (χ1) is 17.7. The molecule has 9 heteroatoms. The number of fused-ring (bicyclic) bond motifs is 1. The van der Waals surface area contributed by atoms with E-state index in [0.29, 0.717) is 48.0 Å². The summed E-state index contributed by atoms with van der Waals surface area (Å²) in [6.45, 7) is 3.62. The van der Waals surface area contributed by atoms with Crippen LogP contribution in [-0.4, -0.2) is 42.9 Å². The number of benzene rings is 3. The fourth-order valence-electron chi connectivity index (χ4n) is 4.43. The van der Waals surface area contributed by atoms with Crippen LogP contribution in [0.3, 0.4) is 0 Å². The summed E-state index contributed by atoms with van der Waals surface area (Å²) < 4.78 is 39.2. The Morgan fingerprint density at radius 1 is 0.973 bits per heavy atom. The van der Waals surface area contributed by atoms with Gasteiger partial charge in [0.15, 0.2) is 0 Å². The van der Waals surface area contributed by atoms with E-state index < -0.39 is 11.7 Å². The maximum atomic E-state index is 13.2. The van der Waals surface area contributed by atoms with Crippen molar-refractivity contribution >= 4 is 41.0 Å². The highest BCUT2D eigenvalue weighted by atomic mass is 32.2. The molecule has 0 bridgehead atoms. The fourth-order valence-corrected chi connectivity index (χ4v) is 5.37.